The molecule has 3 atom stereocenters. The minimum absolute atomic E-state index is 0.0587. The highest BCUT2D eigenvalue weighted by atomic mass is 35.5. The molecule has 4 heterocycles. The van der Waals surface area contributed by atoms with E-state index in [0.717, 1.165) is 44.0 Å². The summed E-state index contributed by atoms with van der Waals surface area (Å²) in [4.78, 5) is 25.2. The lowest BCUT2D eigenvalue weighted by molar-refractivity contribution is -0.217. The molecule has 14 heteroatoms. The molecule has 0 aliphatic carbocycles. The van der Waals surface area contributed by atoms with Crippen LogP contribution in [0.25, 0.3) is 5.69 Å². The summed E-state index contributed by atoms with van der Waals surface area (Å²) in [5.74, 6) is -1.15. The van der Waals surface area contributed by atoms with E-state index in [0.29, 0.717) is 28.8 Å². The summed E-state index contributed by atoms with van der Waals surface area (Å²) in [6.45, 7) is 8.01. The number of hydroxylamine groups is 2. The van der Waals surface area contributed by atoms with Gasteiger partial charge in [0.05, 0.1) is 30.0 Å². The van der Waals surface area contributed by atoms with E-state index < -0.39 is 5.79 Å². The van der Waals surface area contributed by atoms with E-state index in [1.54, 1.807) is 34.0 Å². The largest absolute Gasteiger partial charge is 0.369 e. The molecule has 12 nitrogen and oxygen atoms in total. The van der Waals surface area contributed by atoms with Crippen molar-refractivity contribution in [1.82, 2.24) is 34.2 Å². The van der Waals surface area contributed by atoms with E-state index in [2.05, 4.69) is 20.1 Å². The molecule has 0 spiro atoms. The lowest BCUT2D eigenvalue weighted by Gasteiger charge is -2.35. The molecule has 0 amide bonds. The fourth-order valence-corrected chi connectivity index (χ4v) is 5.89. The predicted molar refractivity (Wildman–Crippen MR) is 162 cm³/mol. The van der Waals surface area contributed by atoms with Gasteiger partial charge in [0.2, 0.25) is 5.79 Å². The number of piperazine rings is 1. The van der Waals surface area contributed by atoms with Crippen LogP contribution in [0, 0.1) is 0 Å². The Morgan fingerprint density at radius 3 is 2.51 bits per heavy atom. The first kappa shape index (κ1) is 29.8. The molecule has 3 unspecified atom stereocenters. The quantitative estimate of drug-likeness (QED) is 0.258. The Bertz CT molecular complexity index is 1570. The number of halogens is 2. The zero-order valence-corrected chi connectivity index (χ0v) is 25.6. The second-order valence-electron chi connectivity index (χ2n) is 10.7. The molecule has 2 aliphatic rings. The summed E-state index contributed by atoms with van der Waals surface area (Å²) in [5.41, 5.74) is 2.43. The van der Waals surface area contributed by atoms with Crippen molar-refractivity contribution in [2.75, 3.05) is 44.3 Å². The molecule has 43 heavy (non-hydrogen) atoms. The maximum absolute atomic E-state index is 12.8. The highest BCUT2D eigenvalue weighted by Gasteiger charge is 2.45. The van der Waals surface area contributed by atoms with E-state index in [-0.39, 0.29) is 24.4 Å². The molecule has 2 aliphatic heterocycles. The third-order valence-electron chi connectivity index (χ3n) is 7.91. The Kier molecular flexibility index (Phi) is 8.85. The van der Waals surface area contributed by atoms with Crippen molar-refractivity contribution in [3.05, 3.63) is 87.5 Å². The number of anilines is 1. The third kappa shape index (κ3) is 6.35. The van der Waals surface area contributed by atoms with Gasteiger partial charge in [-0.1, -0.05) is 36.2 Å². The SMILES string of the molecule is CCC(C)n1ncn(-c2ccc(N3CCN(OCC4COC(Cn5cncn5)(c5ccc(Cl)cc5Cl)O4)CC3)cc2)c1=O. The molecular formula is C29H34Cl2N8O4. The maximum Gasteiger partial charge on any atom is 0.350 e. The number of rotatable bonds is 10. The normalized spacial score (nSPS) is 21.9. The maximum atomic E-state index is 12.8. The minimum Gasteiger partial charge on any atom is -0.369 e. The van der Waals surface area contributed by atoms with Crippen LogP contribution in [0.15, 0.2) is 66.2 Å². The summed E-state index contributed by atoms with van der Waals surface area (Å²) in [5, 5.41) is 11.4. The van der Waals surface area contributed by atoms with Gasteiger partial charge in [-0.2, -0.15) is 15.3 Å². The number of benzene rings is 2. The van der Waals surface area contributed by atoms with Gasteiger partial charge < -0.3 is 14.4 Å². The Labute approximate surface area is 259 Å². The smallest absolute Gasteiger partial charge is 0.350 e. The number of aromatic nitrogens is 6. The zero-order valence-electron chi connectivity index (χ0n) is 24.1. The molecule has 2 saturated heterocycles. The monoisotopic (exact) mass is 628 g/mol. The van der Waals surface area contributed by atoms with E-state index >= 15 is 0 Å². The fraction of sp³-hybridized carbons (Fsp3) is 0.448. The van der Waals surface area contributed by atoms with Crippen molar-refractivity contribution in [3.63, 3.8) is 0 Å². The van der Waals surface area contributed by atoms with Crippen LogP contribution in [0.3, 0.4) is 0 Å². The van der Waals surface area contributed by atoms with Gasteiger partial charge in [-0.05, 0) is 49.7 Å². The molecule has 2 aromatic heterocycles. The average molecular weight is 630 g/mol. The van der Waals surface area contributed by atoms with E-state index in [1.807, 2.05) is 49.2 Å². The fourth-order valence-electron chi connectivity index (χ4n) is 5.34. The number of hydrogen-bond acceptors (Lipinski definition) is 9. The Hall–Kier alpha value is -3.26. The lowest BCUT2D eigenvalue weighted by atomic mass is 10.1. The Morgan fingerprint density at radius 1 is 1.05 bits per heavy atom. The molecule has 4 aromatic rings. The van der Waals surface area contributed by atoms with Crippen LogP contribution in [0.4, 0.5) is 5.69 Å². The molecular weight excluding hydrogens is 595 g/mol. The van der Waals surface area contributed by atoms with Crippen LogP contribution < -0.4 is 10.6 Å². The van der Waals surface area contributed by atoms with Crippen LogP contribution in [0.2, 0.25) is 10.0 Å². The van der Waals surface area contributed by atoms with Gasteiger partial charge in [0.25, 0.3) is 0 Å². The van der Waals surface area contributed by atoms with Crippen LogP contribution >= 0.6 is 23.2 Å². The minimum atomic E-state index is -1.15. The van der Waals surface area contributed by atoms with Crippen LogP contribution in [-0.4, -0.2) is 79.7 Å². The Balaban J connectivity index is 1.03. The average Bonchev–Trinajstić information content (AvgIpc) is 3.77. The molecule has 6 rings (SSSR count). The first-order chi connectivity index (χ1) is 20.8. The van der Waals surface area contributed by atoms with Crippen molar-refractivity contribution in [1.29, 1.82) is 0 Å². The van der Waals surface area contributed by atoms with Crippen LogP contribution in [0.5, 0.6) is 0 Å². The molecule has 0 bridgehead atoms. The van der Waals surface area contributed by atoms with Gasteiger partial charge in [-0.3, -0.25) is 4.84 Å². The van der Waals surface area contributed by atoms with Crippen LogP contribution in [-0.2, 0) is 26.6 Å². The summed E-state index contributed by atoms with van der Waals surface area (Å²) in [7, 11) is 0. The molecule has 2 aromatic carbocycles. The van der Waals surface area contributed by atoms with Crippen molar-refractivity contribution < 1.29 is 14.3 Å². The summed E-state index contributed by atoms with van der Waals surface area (Å²) >= 11 is 12.7. The van der Waals surface area contributed by atoms with E-state index in [1.165, 1.54) is 11.0 Å². The van der Waals surface area contributed by atoms with E-state index in [9.17, 15) is 4.79 Å². The molecule has 2 fully saturated rings. The topological polar surface area (TPSA) is 105 Å². The lowest BCUT2D eigenvalue weighted by Crippen LogP contribution is -2.47. The standard InChI is InChI=1S/C29H34Cl2N8O4/c1-3-21(2)39-28(40)38(20-34-39)24-7-5-23(6-8-24)35-10-12-37(13-11-35)42-16-25-15-41-29(43-25,17-36-19-32-18-33-36)26-9-4-22(30)14-27(26)31/h4-9,14,18-21,25H,3,10-13,15-17H2,1-2H3. The van der Waals surface area contributed by atoms with Gasteiger partial charge in [-0.25, -0.2) is 23.7 Å². The second kappa shape index (κ2) is 12.8. The first-order valence-electron chi connectivity index (χ1n) is 14.3. The number of ether oxygens (including phenoxy) is 2. The highest BCUT2D eigenvalue weighted by molar-refractivity contribution is 6.35. The predicted octanol–water partition coefficient (Wildman–Crippen LogP) is 3.93. The Morgan fingerprint density at radius 2 is 1.81 bits per heavy atom. The van der Waals surface area contributed by atoms with Gasteiger partial charge in [0.1, 0.15) is 31.6 Å². The number of hydrogen-bond donors (Lipinski definition) is 0. The molecule has 0 radical (unpaired) electrons. The van der Waals surface area contributed by atoms with Gasteiger partial charge >= 0.3 is 5.69 Å². The van der Waals surface area contributed by atoms with Crippen LogP contribution in [0.1, 0.15) is 31.9 Å². The van der Waals surface area contributed by atoms with Crippen molar-refractivity contribution in [3.8, 4) is 5.69 Å². The first-order valence-corrected chi connectivity index (χ1v) is 15.1. The summed E-state index contributed by atoms with van der Waals surface area (Å²) in [6.07, 6.45) is 5.19. The van der Waals surface area contributed by atoms with E-state index in [4.69, 9.17) is 37.5 Å². The molecule has 228 valence electrons. The third-order valence-corrected chi connectivity index (χ3v) is 8.46. The van der Waals surface area contributed by atoms with Crippen molar-refractivity contribution in [2.45, 2.75) is 44.7 Å². The van der Waals surface area contributed by atoms with Crippen molar-refractivity contribution in [2.24, 2.45) is 0 Å². The van der Waals surface area contributed by atoms with Gasteiger partial charge in [0.15, 0.2) is 0 Å². The second-order valence-corrected chi connectivity index (χ2v) is 11.6. The molecule has 0 saturated carbocycles. The van der Waals surface area contributed by atoms with Gasteiger partial charge in [0, 0.05) is 42.5 Å². The zero-order chi connectivity index (χ0) is 30.0. The summed E-state index contributed by atoms with van der Waals surface area (Å²) in [6, 6.07) is 13.3. The van der Waals surface area contributed by atoms with Gasteiger partial charge in [-0.15, -0.1) is 0 Å². The summed E-state index contributed by atoms with van der Waals surface area (Å²) < 4.78 is 17.5. The van der Waals surface area contributed by atoms with Crippen molar-refractivity contribution >= 4 is 28.9 Å². The number of nitrogens with zero attached hydrogens (tertiary/aromatic N) is 8. The molecule has 0 N–H and O–H groups in total. The highest BCUT2D eigenvalue weighted by Crippen LogP contribution is 2.40.